The Labute approximate surface area is 76.3 Å². The van der Waals surface area contributed by atoms with Crippen molar-refractivity contribution in [1.82, 2.24) is 0 Å². The maximum Gasteiger partial charge on any atom is 0.0991 e. The van der Waals surface area contributed by atoms with Crippen molar-refractivity contribution in [2.45, 2.75) is 6.42 Å². The molecule has 0 saturated carbocycles. The van der Waals surface area contributed by atoms with Crippen LogP contribution < -0.4 is 0 Å². The van der Waals surface area contributed by atoms with E-state index in [1.54, 1.807) is 6.07 Å². The van der Waals surface area contributed by atoms with Gasteiger partial charge in [-0.1, -0.05) is 6.07 Å². The first-order chi connectivity index (χ1) is 6.33. The molecule has 0 amide bonds. The summed E-state index contributed by atoms with van der Waals surface area (Å²) in [7, 11) is 0. The Morgan fingerprint density at radius 2 is 2.00 bits per heavy atom. The molecule has 0 aliphatic heterocycles. The van der Waals surface area contributed by atoms with Crippen molar-refractivity contribution < 1.29 is 0 Å². The van der Waals surface area contributed by atoms with E-state index in [0.29, 0.717) is 12.0 Å². The van der Waals surface area contributed by atoms with E-state index >= 15 is 0 Å². The number of nitriles is 2. The maximum absolute atomic E-state index is 8.68. The second-order valence-electron chi connectivity index (χ2n) is 2.98. The van der Waals surface area contributed by atoms with Gasteiger partial charge in [-0.3, -0.25) is 0 Å². The molecule has 0 atom stereocenters. The Balaban J connectivity index is 2.47. The summed E-state index contributed by atoms with van der Waals surface area (Å²) in [6, 6.07) is 9.71. The van der Waals surface area contributed by atoms with Gasteiger partial charge in [0.05, 0.1) is 17.7 Å². The van der Waals surface area contributed by atoms with Crippen molar-refractivity contribution in [3.05, 3.63) is 40.5 Å². The zero-order valence-electron chi connectivity index (χ0n) is 6.91. The van der Waals surface area contributed by atoms with Crippen LogP contribution in [0.2, 0.25) is 0 Å². The molecule has 0 bridgehead atoms. The van der Waals surface area contributed by atoms with Crippen LogP contribution in [0.15, 0.2) is 23.8 Å². The van der Waals surface area contributed by atoms with Gasteiger partial charge < -0.3 is 0 Å². The van der Waals surface area contributed by atoms with E-state index in [-0.39, 0.29) is 0 Å². The van der Waals surface area contributed by atoms with Gasteiger partial charge in [0.25, 0.3) is 0 Å². The molecule has 2 nitrogen and oxygen atoms in total. The quantitative estimate of drug-likeness (QED) is 0.592. The third kappa shape index (κ3) is 1.19. The highest BCUT2D eigenvalue weighted by Crippen LogP contribution is 2.25. The van der Waals surface area contributed by atoms with E-state index in [9.17, 15) is 0 Å². The van der Waals surface area contributed by atoms with E-state index in [1.807, 2.05) is 18.2 Å². The molecule has 13 heavy (non-hydrogen) atoms. The first-order valence-electron chi connectivity index (χ1n) is 3.97. The zero-order valence-corrected chi connectivity index (χ0v) is 6.91. The van der Waals surface area contributed by atoms with Crippen LogP contribution in [0.3, 0.4) is 0 Å². The molecule has 0 saturated heterocycles. The summed E-state index contributed by atoms with van der Waals surface area (Å²) in [4.78, 5) is 0. The highest BCUT2D eigenvalue weighted by atomic mass is 14.3. The molecular weight excluding hydrogens is 160 g/mol. The fourth-order valence-corrected chi connectivity index (χ4v) is 1.48. The summed E-state index contributed by atoms with van der Waals surface area (Å²) >= 11 is 0. The molecule has 0 aromatic heterocycles. The zero-order chi connectivity index (χ0) is 9.26. The monoisotopic (exact) mass is 166 g/mol. The number of nitrogens with zero attached hydrogens (tertiary/aromatic N) is 2. The number of benzene rings is 1. The fraction of sp³-hybridized carbons (Fsp3) is 0.0909. The van der Waals surface area contributed by atoms with Crippen molar-refractivity contribution in [2.24, 2.45) is 0 Å². The van der Waals surface area contributed by atoms with E-state index in [1.165, 1.54) is 0 Å². The predicted molar refractivity (Wildman–Crippen MR) is 48.5 cm³/mol. The molecule has 0 N–H and O–H groups in total. The Morgan fingerprint density at radius 1 is 1.15 bits per heavy atom. The van der Waals surface area contributed by atoms with Crippen LogP contribution in [0.5, 0.6) is 0 Å². The molecule has 2 heteroatoms. The highest BCUT2D eigenvalue weighted by Gasteiger charge is 2.11. The molecule has 0 fully saturated rings. The Bertz CT molecular complexity index is 470. The van der Waals surface area contributed by atoms with Crippen molar-refractivity contribution in [3.8, 4) is 12.1 Å². The minimum absolute atomic E-state index is 0.659. The van der Waals surface area contributed by atoms with Gasteiger partial charge in [-0.2, -0.15) is 10.5 Å². The minimum Gasteiger partial charge on any atom is -0.193 e. The predicted octanol–water partition coefficient (Wildman–Crippen LogP) is 2.02. The normalized spacial score (nSPS) is 12.6. The highest BCUT2D eigenvalue weighted by molar-refractivity contribution is 5.68. The van der Waals surface area contributed by atoms with E-state index < -0.39 is 0 Å². The molecule has 1 aromatic carbocycles. The SMILES string of the molecule is N#CC1=Cc2ccc(C#N)cc2C1. The summed E-state index contributed by atoms with van der Waals surface area (Å²) in [6.45, 7) is 0. The largest absolute Gasteiger partial charge is 0.193 e. The number of allylic oxidation sites excluding steroid dienone is 1. The molecule has 0 spiro atoms. The molecule has 1 aliphatic carbocycles. The van der Waals surface area contributed by atoms with Gasteiger partial charge in [0, 0.05) is 12.0 Å². The smallest absolute Gasteiger partial charge is 0.0991 e. The fourth-order valence-electron chi connectivity index (χ4n) is 1.48. The number of rotatable bonds is 0. The molecule has 0 unspecified atom stereocenters. The van der Waals surface area contributed by atoms with Crippen LogP contribution >= 0.6 is 0 Å². The van der Waals surface area contributed by atoms with Gasteiger partial charge in [0.15, 0.2) is 0 Å². The van der Waals surface area contributed by atoms with Crippen LogP contribution in [0, 0.1) is 22.7 Å². The molecule has 0 radical (unpaired) electrons. The van der Waals surface area contributed by atoms with Crippen LogP contribution in [0.25, 0.3) is 6.08 Å². The molecule has 2 rings (SSSR count). The minimum atomic E-state index is 0.659. The average Bonchev–Trinajstić information content (AvgIpc) is 2.58. The Kier molecular flexibility index (Phi) is 1.61. The average molecular weight is 166 g/mol. The van der Waals surface area contributed by atoms with Crippen LogP contribution in [-0.4, -0.2) is 0 Å². The van der Waals surface area contributed by atoms with E-state index in [2.05, 4.69) is 12.1 Å². The van der Waals surface area contributed by atoms with Gasteiger partial charge >= 0.3 is 0 Å². The van der Waals surface area contributed by atoms with Crippen molar-refractivity contribution in [3.63, 3.8) is 0 Å². The first-order valence-corrected chi connectivity index (χ1v) is 3.97. The van der Waals surface area contributed by atoms with Crippen molar-refractivity contribution in [1.29, 1.82) is 10.5 Å². The summed E-state index contributed by atoms with van der Waals surface area (Å²) in [5, 5.41) is 17.3. The summed E-state index contributed by atoms with van der Waals surface area (Å²) in [5.74, 6) is 0. The van der Waals surface area contributed by atoms with Crippen molar-refractivity contribution >= 4 is 6.08 Å². The Morgan fingerprint density at radius 3 is 2.69 bits per heavy atom. The standard InChI is InChI=1S/C11H6N2/c12-6-8-1-2-10-4-9(7-13)5-11(10)3-8/h1-4H,5H2. The topological polar surface area (TPSA) is 47.6 Å². The van der Waals surface area contributed by atoms with Crippen molar-refractivity contribution in [2.75, 3.05) is 0 Å². The van der Waals surface area contributed by atoms with Gasteiger partial charge in [0.2, 0.25) is 0 Å². The van der Waals surface area contributed by atoms with Gasteiger partial charge in [-0.15, -0.1) is 0 Å². The summed E-state index contributed by atoms with van der Waals surface area (Å²) in [5.41, 5.74) is 3.57. The lowest BCUT2D eigenvalue weighted by molar-refractivity contribution is 1.24. The third-order valence-electron chi connectivity index (χ3n) is 2.13. The number of fused-ring (bicyclic) bond motifs is 1. The van der Waals surface area contributed by atoms with Gasteiger partial charge in [-0.25, -0.2) is 0 Å². The second kappa shape index (κ2) is 2.77. The summed E-state index contributed by atoms with van der Waals surface area (Å²) < 4.78 is 0. The van der Waals surface area contributed by atoms with Gasteiger partial charge in [-0.05, 0) is 29.3 Å². The molecule has 0 heterocycles. The molecule has 60 valence electrons. The number of hydrogen-bond acceptors (Lipinski definition) is 2. The third-order valence-corrected chi connectivity index (χ3v) is 2.13. The first kappa shape index (κ1) is 7.58. The van der Waals surface area contributed by atoms with Crippen LogP contribution in [-0.2, 0) is 6.42 Å². The molecular formula is C11H6N2. The molecule has 1 aliphatic rings. The molecule has 1 aromatic rings. The van der Waals surface area contributed by atoms with E-state index in [0.717, 1.165) is 16.7 Å². The maximum atomic E-state index is 8.68. The lowest BCUT2D eigenvalue weighted by Crippen LogP contribution is -1.84. The number of hydrogen-bond donors (Lipinski definition) is 0. The lowest BCUT2D eigenvalue weighted by atomic mass is 10.1. The Hall–Kier alpha value is -2.06. The second-order valence-corrected chi connectivity index (χ2v) is 2.98. The van der Waals surface area contributed by atoms with E-state index in [4.69, 9.17) is 10.5 Å². The van der Waals surface area contributed by atoms with Crippen LogP contribution in [0.4, 0.5) is 0 Å². The van der Waals surface area contributed by atoms with Gasteiger partial charge in [0.1, 0.15) is 0 Å². The lowest BCUT2D eigenvalue weighted by Gasteiger charge is -1.96. The van der Waals surface area contributed by atoms with Crippen LogP contribution in [0.1, 0.15) is 16.7 Å². The summed E-state index contributed by atoms with van der Waals surface area (Å²) in [6.07, 6.45) is 2.54.